The monoisotopic (exact) mass is 489 g/mol. The van der Waals surface area contributed by atoms with Crippen LogP contribution in [0.15, 0.2) is 52.0 Å². The lowest BCUT2D eigenvalue weighted by Crippen LogP contribution is -2.40. The van der Waals surface area contributed by atoms with Crippen molar-refractivity contribution in [3.8, 4) is 11.5 Å². The molecule has 0 amide bonds. The van der Waals surface area contributed by atoms with Crippen LogP contribution in [0.3, 0.4) is 0 Å². The Hall–Kier alpha value is -2.45. The number of hydrogen-bond acceptors (Lipinski definition) is 5. The van der Waals surface area contributed by atoms with Crippen molar-refractivity contribution in [2.45, 2.75) is 38.1 Å². The van der Waals surface area contributed by atoms with Crippen LogP contribution in [-0.4, -0.2) is 30.4 Å². The van der Waals surface area contributed by atoms with E-state index >= 15 is 0 Å². The van der Waals surface area contributed by atoms with E-state index in [1.807, 2.05) is 6.07 Å². The zero-order valence-electron chi connectivity index (χ0n) is 16.7. The van der Waals surface area contributed by atoms with E-state index in [0.717, 1.165) is 22.9 Å². The van der Waals surface area contributed by atoms with Gasteiger partial charge in [0.1, 0.15) is 0 Å². The normalized spacial score (nSPS) is 14.3. The topological polar surface area (TPSA) is 71.9 Å². The summed E-state index contributed by atoms with van der Waals surface area (Å²) in [6.07, 6.45) is 7.69. The zero-order chi connectivity index (χ0) is 21.3. The van der Waals surface area contributed by atoms with Crippen molar-refractivity contribution in [3.05, 3.63) is 58.1 Å². The molecular weight excluding hydrogens is 466 g/mol. The molecule has 1 aliphatic carbocycles. The molecular formula is C22H24BrN3O3S. The molecule has 1 aliphatic rings. The minimum absolute atomic E-state index is 0.335. The molecule has 0 saturated heterocycles. The van der Waals surface area contributed by atoms with E-state index in [9.17, 15) is 4.79 Å². The van der Waals surface area contributed by atoms with Gasteiger partial charge in [-0.2, -0.15) is 5.10 Å². The molecule has 0 atom stereocenters. The van der Waals surface area contributed by atoms with Gasteiger partial charge in [0.05, 0.1) is 18.9 Å². The molecule has 0 radical (unpaired) electrons. The SMILES string of the molecule is COc1cc(/C=N\NC(=S)NC2CCCCC2)ccc1OC(=O)c1cccc(Br)c1. The number of nitrogens with one attached hydrogen (secondary N) is 2. The van der Waals surface area contributed by atoms with E-state index in [2.05, 4.69) is 31.8 Å². The number of hydrazone groups is 1. The molecule has 2 aromatic carbocycles. The van der Waals surface area contributed by atoms with Crippen molar-refractivity contribution < 1.29 is 14.3 Å². The largest absolute Gasteiger partial charge is 0.493 e. The highest BCUT2D eigenvalue weighted by atomic mass is 79.9. The summed E-state index contributed by atoms with van der Waals surface area (Å²) in [5.74, 6) is 0.309. The van der Waals surface area contributed by atoms with Crippen molar-refractivity contribution in [2.75, 3.05) is 7.11 Å². The number of carbonyl (C=O) groups excluding carboxylic acids is 1. The van der Waals surface area contributed by atoms with Crippen LogP contribution in [0.25, 0.3) is 0 Å². The van der Waals surface area contributed by atoms with Crippen LogP contribution in [-0.2, 0) is 0 Å². The summed E-state index contributed by atoms with van der Waals surface area (Å²) in [6.45, 7) is 0. The summed E-state index contributed by atoms with van der Waals surface area (Å²) in [5, 5.41) is 8.00. The second-order valence-corrected chi connectivity index (χ2v) is 8.31. The number of rotatable bonds is 6. The van der Waals surface area contributed by atoms with Crippen molar-refractivity contribution in [3.63, 3.8) is 0 Å². The third-order valence-corrected chi connectivity index (χ3v) is 5.47. The van der Waals surface area contributed by atoms with E-state index in [1.54, 1.807) is 42.6 Å². The van der Waals surface area contributed by atoms with Gasteiger partial charge in [-0.25, -0.2) is 4.79 Å². The Morgan fingerprint density at radius 2 is 1.97 bits per heavy atom. The van der Waals surface area contributed by atoms with Crippen molar-refractivity contribution in [2.24, 2.45) is 5.10 Å². The molecule has 158 valence electrons. The number of methoxy groups -OCH3 is 1. The lowest BCUT2D eigenvalue weighted by molar-refractivity contribution is 0.0729. The Morgan fingerprint density at radius 1 is 1.17 bits per heavy atom. The third kappa shape index (κ3) is 6.53. The molecule has 0 heterocycles. The number of carbonyl (C=O) groups is 1. The predicted octanol–water partition coefficient (Wildman–Crippen LogP) is 4.81. The first-order valence-electron chi connectivity index (χ1n) is 9.80. The summed E-state index contributed by atoms with van der Waals surface area (Å²) < 4.78 is 11.7. The fourth-order valence-corrected chi connectivity index (χ4v) is 3.87. The fourth-order valence-electron chi connectivity index (χ4n) is 3.25. The number of hydrogen-bond donors (Lipinski definition) is 2. The van der Waals surface area contributed by atoms with E-state index in [-0.39, 0.29) is 0 Å². The molecule has 1 saturated carbocycles. The van der Waals surface area contributed by atoms with E-state index in [0.29, 0.717) is 28.2 Å². The summed E-state index contributed by atoms with van der Waals surface area (Å²) in [5.41, 5.74) is 4.07. The molecule has 0 bridgehead atoms. The van der Waals surface area contributed by atoms with Crippen LogP contribution in [0.4, 0.5) is 0 Å². The zero-order valence-corrected chi connectivity index (χ0v) is 19.1. The molecule has 2 aromatic rings. The molecule has 30 heavy (non-hydrogen) atoms. The van der Waals surface area contributed by atoms with Crippen molar-refractivity contribution in [1.82, 2.24) is 10.7 Å². The van der Waals surface area contributed by atoms with Crippen LogP contribution in [0.1, 0.15) is 48.0 Å². The highest BCUT2D eigenvalue weighted by Gasteiger charge is 2.14. The molecule has 0 unspecified atom stereocenters. The van der Waals surface area contributed by atoms with E-state index < -0.39 is 5.97 Å². The van der Waals surface area contributed by atoms with E-state index in [1.165, 1.54) is 26.4 Å². The minimum Gasteiger partial charge on any atom is -0.493 e. The van der Waals surface area contributed by atoms with Crippen LogP contribution in [0.2, 0.25) is 0 Å². The Balaban J connectivity index is 1.58. The Bertz CT molecular complexity index is 930. The molecule has 2 N–H and O–H groups in total. The first-order valence-corrected chi connectivity index (χ1v) is 11.0. The summed E-state index contributed by atoms with van der Waals surface area (Å²) in [6, 6.07) is 12.6. The van der Waals surface area contributed by atoms with Gasteiger partial charge in [-0.3, -0.25) is 5.43 Å². The maximum atomic E-state index is 12.4. The van der Waals surface area contributed by atoms with Crippen LogP contribution in [0, 0.1) is 0 Å². The second kappa shape index (κ2) is 11.1. The third-order valence-electron chi connectivity index (χ3n) is 4.77. The summed E-state index contributed by atoms with van der Waals surface area (Å²) >= 11 is 8.65. The number of nitrogens with zero attached hydrogens (tertiary/aromatic N) is 1. The van der Waals surface area contributed by atoms with Crippen LogP contribution >= 0.6 is 28.1 Å². The predicted molar refractivity (Wildman–Crippen MR) is 125 cm³/mol. The smallest absolute Gasteiger partial charge is 0.343 e. The van der Waals surface area contributed by atoms with Gasteiger partial charge in [-0.05, 0) is 67.0 Å². The molecule has 0 aromatic heterocycles. The van der Waals surface area contributed by atoms with Gasteiger partial charge in [-0.15, -0.1) is 0 Å². The average molecular weight is 490 g/mol. The summed E-state index contributed by atoms with van der Waals surface area (Å²) in [4.78, 5) is 12.4. The second-order valence-electron chi connectivity index (χ2n) is 6.99. The fraction of sp³-hybridized carbons (Fsp3) is 0.318. The Labute approximate surface area is 190 Å². The Morgan fingerprint density at radius 3 is 2.70 bits per heavy atom. The summed E-state index contributed by atoms with van der Waals surface area (Å²) in [7, 11) is 1.52. The number of thiocarbonyl (C=S) groups is 1. The highest BCUT2D eigenvalue weighted by molar-refractivity contribution is 9.10. The van der Waals surface area contributed by atoms with Gasteiger partial charge in [0.25, 0.3) is 0 Å². The first kappa shape index (κ1) is 22.2. The first-order chi connectivity index (χ1) is 14.5. The van der Waals surface area contributed by atoms with E-state index in [4.69, 9.17) is 21.7 Å². The Kier molecular flexibility index (Phi) is 8.21. The lowest BCUT2D eigenvalue weighted by atomic mass is 9.96. The molecule has 0 spiro atoms. The molecule has 1 fully saturated rings. The lowest BCUT2D eigenvalue weighted by Gasteiger charge is -2.23. The minimum atomic E-state index is -0.461. The number of ether oxygens (including phenoxy) is 2. The van der Waals surface area contributed by atoms with Crippen LogP contribution in [0.5, 0.6) is 11.5 Å². The van der Waals surface area contributed by atoms with Crippen molar-refractivity contribution >= 4 is 45.4 Å². The van der Waals surface area contributed by atoms with Gasteiger partial charge in [-0.1, -0.05) is 41.3 Å². The molecule has 0 aliphatic heterocycles. The molecule has 3 rings (SSSR count). The highest BCUT2D eigenvalue weighted by Crippen LogP contribution is 2.28. The van der Waals surface area contributed by atoms with Crippen molar-refractivity contribution in [1.29, 1.82) is 0 Å². The molecule has 8 heteroatoms. The maximum Gasteiger partial charge on any atom is 0.343 e. The van der Waals surface area contributed by atoms with Gasteiger partial charge < -0.3 is 14.8 Å². The average Bonchev–Trinajstić information content (AvgIpc) is 2.75. The number of halogens is 1. The molecule has 6 nitrogen and oxygen atoms in total. The van der Waals surface area contributed by atoms with Gasteiger partial charge in [0, 0.05) is 10.5 Å². The quantitative estimate of drug-likeness (QED) is 0.199. The van der Waals surface area contributed by atoms with Gasteiger partial charge in [0.2, 0.25) is 0 Å². The standard InChI is InChI=1S/C22H24BrN3O3S/c1-28-20-12-15(14-24-26-22(30)25-18-8-3-2-4-9-18)10-11-19(20)29-21(27)16-6-5-7-17(23)13-16/h5-7,10-14,18H,2-4,8-9H2,1H3,(H2,25,26,30)/b24-14-. The van der Waals surface area contributed by atoms with Crippen LogP contribution < -0.4 is 20.2 Å². The number of benzene rings is 2. The number of esters is 1. The van der Waals surface area contributed by atoms with Gasteiger partial charge in [0.15, 0.2) is 16.6 Å². The maximum absolute atomic E-state index is 12.4. The van der Waals surface area contributed by atoms with Gasteiger partial charge >= 0.3 is 5.97 Å².